The third-order valence-corrected chi connectivity index (χ3v) is 14.7. The fourth-order valence-electron chi connectivity index (χ4n) is 4.74. The minimum absolute atomic E-state index is 0.927. The second-order valence-electron chi connectivity index (χ2n) is 8.97. The summed E-state index contributed by atoms with van der Waals surface area (Å²) < 4.78 is 20.0. The molecule has 202 valence electrons. The summed E-state index contributed by atoms with van der Waals surface area (Å²) in [5.74, 6) is 0. The summed E-state index contributed by atoms with van der Waals surface area (Å²) in [6.45, 7) is 0. The van der Waals surface area contributed by atoms with Gasteiger partial charge in [-0.05, 0) is 12.1 Å². The fraction of sp³-hybridized carbons (Fsp3) is 0.0909. The van der Waals surface area contributed by atoms with Crippen LogP contribution in [-0.4, -0.2) is 30.1 Å². The minimum Gasteiger partial charge on any atom is -0.373 e. The zero-order valence-electron chi connectivity index (χ0n) is 22.9. The highest BCUT2D eigenvalue weighted by Crippen LogP contribution is 2.56. The quantitative estimate of drug-likeness (QED) is 0.149. The molecule has 0 heterocycles. The van der Waals surface area contributed by atoms with Gasteiger partial charge in [-0.25, -0.2) is 0 Å². The Kier molecular flexibility index (Phi) is 9.56. The molecule has 7 heteroatoms. The van der Waals surface area contributed by atoms with Gasteiger partial charge in [-0.15, -0.1) is 0 Å². The van der Waals surface area contributed by atoms with Crippen molar-refractivity contribution < 1.29 is 13.3 Å². The van der Waals surface area contributed by atoms with E-state index in [0.717, 1.165) is 10.9 Å². The lowest BCUT2D eigenvalue weighted by Gasteiger charge is -2.41. The molecule has 0 radical (unpaired) electrons. The van der Waals surface area contributed by atoms with E-state index in [2.05, 4.69) is 150 Å². The van der Waals surface area contributed by atoms with Crippen LogP contribution in [0.3, 0.4) is 0 Å². The number of hydrogen-bond acceptors (Lipinski definition) is 4. The Labute approximate surface area is 241 Å². The van der Waals surface area contributed by atoms with Gasteiger partial charge in [-0.1, -0.05) is 133 Å². The normalized spacial score (nSPS) is 11.6. The predicted molar refractivity (Wildman–Crippen MR) is 173 cm³/mol. The van der Waals surface area contributed by atoms with Gasteiger partial charge < -0.3 is 17.7 Å². The van der Waals surface area contributed by atoms with E-state index in [4.69, 9.17) is 13.3 Å². The topological polar surface area (TPSA) is 30.9 Å². The predicted octanol–water partition coefficient (Wildman–Crippen LogP) is 5.67. The molecule has 5 aromatic rings. The zero-order chi connectivity index (χ0) is 27.8. The highest BCUT2D eigenvalue weighted by atomic mass is 31.2. The summed E-state index contributed by atoms with van der Waals surface area (Å²) in [5, 5.41) is 6.10. The van der Waals surface area contributed by atoms with Gasteiger partial charge in [-0.2, -0.15) is 0 Å². The lowest BCUT2D eigenvalue weighted by molar-refractivity contribution is 0.140. The molecule has 40 heavy (non-hydrogen) atoms. The maximum absolute atomic E-state index is 5.78. The Morgan fingerprint density at radius 3 is 1.00 bits per heavy atom. The van der Waals surface area contributed by atoms with Crippen molar-refractivity contribution in [3.05, 3.63) is 146 Å². The van der Waals surface area contributed by atoms with E-state index in [1.807, 2.05) is 0 Å². The minimum atomic E-state index is -2.97. The molecule has 5 rings (SSSR count). The largest absolute Gasteiger partial charge is 0.536 e. The lowest BCUT2D eigenvalue weighted by atomic mass is 10.3. The first-order chi connectivity index (χ1) is 19.7. The molecule has 0 aliphatic rings. The summed E-state index contributed by atoms with van der Waals surface area (Å²) in [6.07, 6.45) is 0. The Hall–Kier alpha value is -3.14. The van der Waals surface area contributed by atoms with Gasteiger partial charge in [0.15, 0.2) is 0 Å². The number of benzene rings is 5. The van der Waals surface area contributed by atoms with Crippen LogP contribution in [0.2, 0.25) is 0 Å². The van der Waals surface area contributed by atoms with Gasteiger partial charge >= 0.3 is 8.80 Å². The van der Waals surface area contributed by atoms with Crippen molar-refractivity contribution in [3.63, 3.8) is 0 Å². The van der Waals surface area contributed by atoms with Crippen molar-refractivity contribution in [1.29, 1.82) is 0 Å². The Bertz CT molecular complexity index is 1290. The molecule has 0 unspecified atom stereocenters. The van der Waals surface area contributed by atoms with Crippen LogP contribution in [0.15, 0.2) is 146 Å². The van der Waals surface area contributed by atoms with Crippen LogP contribution in [0.1, 0.15) is 0 Å². The van der Waals surface area contributed by atoms with Crippen LogP contribution in [0.4, 0.5) is 5.69 Å². The Morgan fingerprint density at radius 1 is 0.425 bits per heavy atom. The maximum atomic E-state index is 5.78. The van der Waals surface area contributed by atoms with E-state index >= 15 is 0 Å². The van der Waals surface area contributed by atoms with E-state index in [1.54, 1.807) is 21.3 Å². The molecule has 0 saturated heterocycles. The smallest absolute Gasteiger partial charge is 0.373 e. The molecule has 0 aliphatic heterocycles. The molecule has 0 amide bonds. The number of hydrogen-bond donors (Lipinski definition) is 0. The summed E-state index contributed by atoms with van der Waals surface area (Å²) in [6, 6.07) is 52.0. The van der Waals surface area contributed by atoms with Crippen LogP contribution in [0, 0.1) is 0 Å². The van der Waals surface area contributed by atoms with E-state index < -0.39 is 24.9 Å². The van der Waals surface area contributed by atoms with Gasteiger partial charge in [0.2, 0.25) is 0 Å². The zero-order valence-corrected chi connectivity index (χ0v) is 25.7. The first kappa shape index (κ1) is 28.4. The molecule has 0 N–H and O–H groups in total. The van der Waals surface area contributed by atoms with Crippen molar-refractivity contribution in [2.24, 2.45) is 0 Å². The molecule has 0 aromatic heterocycles. The summed E-state index contributed by atoms with van der Waals surface area (Å²) >= 11 is 0. The van der Waals surface area contributed by atoms with Crippen LogP contribution < -0.4 is 30.8 Å². The van der Waals surface area contributed by atoms with Crippen molar-refractivity contribution in [3.8, 4) is 0 Å². The molecule has 0 bridgehead atoms. The van der Waals surface area contributed by atoms with Crippen LogP contribution in [-0.2, 0) is 13.3 Å². The summed E-state index contributed by atoms with van der Waals surface area (Å²) in [5.41, 5.74) is 1.13. The van der Waals surface area contributed by atoms with Crippen molar-refractivity contribution in [1.82, 2.24) is 0 Å². The Balaban J connectivity index is 1.76. The van der Waals surface area contributed by atoms with E-state index in [0.29, 0.717) is 0 Å². The Morgan fingerprint density at radius 2 is 0.725 bits per heavy atom. The first-order valence-electron chi connectivity index (χ1n) is 13.1. The summed E-state index contributed by atoms with van der Waals surface area (Å²) in [4.78, 5) is 0. The third-order valence-electron chi connectivity index (χ3n) is 6.64. The molecular formula is C33H33NO3P2Si. The number of rotatable bonds is 11. The molecule has 0 aliphatic carbocycles. The van der Waals surface area contributed by atoms with Gasteiger partial charge in [0.1, 0.15) is 0 Å². The summed E-state index contributed by atoms with van der Waals surface area (Å²) in [7, 11) is 0.0778. The monoisotopic (exact) mass is 581 g/mol. The number of nitrogens with zero attached hydrogens (tertiary/aromatic N) is 1. The molecule has 0 atom stereocenters. The van der Waals surface area contributed by atoms with Crippen molar-refractivity contribution in [2.75, 3.05) is 25.8 Å². The lowest BCUT2D eigenvalue weighted by Crippen LogP contribution is -2.54. The van der Waals surface area contributed by atoms with Crippen LogP contribution >= 0.6 is 16.1 Å². The molecule has 0 fully saturated rings. The van der Waals surface area contributed by atoms with Crippen molar-refractivity contribution in [2.45, 2.75) is 0 Å². The number of anilines is 1. The van der Waals surface area contributed by atoms with Gasteiger partial charge in [0, 0.05) is 53.4 Å². The van der Waals surface area contributed by atoms with E-state index in [-0.39, 0.29) is 0 Å². The maximum Gasteiger partial charge on any atom is 0.536 e. The van der Waals surface area contributed by atoms with Gasteiger partial charge in [-0.3, -0.25) is 0 Å². The second-order valence-corrected chi connectivity index (χ2v) is 16.3. The van der Waals surface area contributed by atoms with Gasteiger partial charge in [0.25, 0.3) is 0 Å². The highest BCUT2D eigenvalue weighted by Gasteiger charge is 2.41. The average Bonchev–Trinajstić information content (AvgIpc) is 3.04. The molecule has 5 aromatic carbocycles. The first-order valence-corrected chi connectivity index (χ1v) is 17.4. The highest BCUT2D eigenvalue weighted by molar-refractivity contribution is 7.90. The van der Waals surface area contributed by atoms with Crippen LogP contribution in [0.5, 0.6) is 0 Å². The SMILES string of the molecule is CO[Si](OC)(OC)c1ccc(N(P(c2ccccc2)c2ccccc2)P(c2ccccc2)c2ccccc2)cc1. The molecule has 0 spiro atoms. The fourth-order valence-corrected chi connectivity index (χ4v) is 12.5. The third kappa shape index (κ3) is 5.96. The average molecular weight is 582 g/mol. The molecule has 4 nitrogen and oxygen atoms in total. The van der Waals surface area contributed by atoms with Gasteiger partial charge in [0.05, 0.1) is 16.1 Å². The standard InChI is InChI=1S/C33H33NO3P2Si/c1-35-40(36-2,37-3)33-26-24-28(25-27-33)34(38(29-16-8-4-9-17-29)30-18-10-5-11-19-30)39(31-20-12-6-13-21-31)32-22-14-7-15-23-32/h4-27H,1-3H3. The van der Waals surface area contributed by atoms with Crippen molar-refractivity contribution >= 4 is 57.0 Å². The molecular weight excluding hydrogens is 548 g/mol. The van der Waals surface area contributed by atoms with E-state index in [9.17, 15) is 0 Å². The van der Waals surface area contributed by atoms with E-state index in [1.165, 1.54) is 21.2 Å². The molecule has 0 saturated carbocycles. The van der Waals surface area contributed by atoms with Crippen LogP contribution in [0.25, 0.3) is 0 Å². The second kappa shape index (κ2) is 13.5.